The van der Waals surface area contributed by atoms with Crippen molar-refractivity contribution in [2.45, 2.75) is 6.92 Å². The summed E-state index contributed by atoms with van der Waals surface area (Å²) in [6.07, 6.45) is 0. The van der Waals surface area contributed by atoms with Gasteiger partial charge in [0.2, 0.25) is 0 Å². The van der Waals surface area contributed by atoms with Crippen molar-refractivity contribution in [3.63, 3.8) is 0 Å². The van der Waals surface area contributed by atoms with Gasteiger partial charge >= 0.3 is 0 Å². The lowest BCUT2D eigenvalue weighted by Crippen LogP contribution is -2.03. The van der Waals surface area contributed by atoms with Gasteiger partial charge in [-0.3, -0.25) is 4.57 Å². The van der Waals surface area contributed by atoms with Gasteiger partial charge in [-0.25, -0.2) is 0 Å². The Balaban J connectivity index is 3.33. The van der Waals surface area contributed by atoms with Crippen molar-refractivity contribution >= 4 is 19.5 Å². The molecule has 0 bridgehead atoms. The van der Waals surface area contributed by atoms with E-state index in [2.05, 4.69) is 0 Å². The summed E-state index contributed by atoms with van der Waals surface area (Å²) in [5.74, 6) is 0.607. The Bertz CT molecular complexity index is 312. The molecule has 0 atom stereocenters. The van der Waals surface area contributed by atoms with Crippen molar-refractivity contribution in [3.8, 4) is 5.75 Å². The third-order valence-electron chi connectivity index (χ3n) is 1.71. The highest BCUT2D eigenvalue weighted by Crippen LogP contribution is 2.25. The van der Waals surface area contributed by atoms with Crippen LogP contribution in [0.1, 0.15) is 5.56 Å². The Morgan fingerprint density at radius 3 is 2.67 bits per heavy atom. The number of anilines is 1. The summed E-state index contributed by atoms with van der Waals surface area (Å²) in [5, 5.41) is 0.709. The summed E-state index contributed by atoms with van der Waals surface area (Å²) in [6.45, 7) is 1.83. The normalized spacial score (nSPS) is 10.2. The number of ether oxygens (including phenoxy) is 1. The van der Waals surface area contributed by atoms with Gasteiger partial charge in [-0.05, 0) is 19.1 Å². The van der Waals surface area contributed by atoms with Gasteiger partial charge in [-0.1, -0.05) is 0 Å². The Morgan fingerprint density at radius 2 is 2.17 bits per heavy atom. The molecule has 0 saturated heterocycles. The monoisotopic (exact) mass is 183 g/mol. The maximum Gasteiger partial charge on any atom is 0.192 e. The van der Waals surface area contributed by atoms with Crippen LogP contribution in [0.5, 0.6) is 5.75 Å². The lowest BCUT2D eigenvalue weighted by Gasteiger charge is -2.08. The lowest BCUT2D eigenvalue weighted by molar-refractivity contribution is 0.414. The molecule has 0 spiro atoms. The number of hydrogen-bond donors (Lipinski definition) is 1. The first-order valence-corrected chi connectivity index (χ1v) is 4.28. The fourth-order valence-corrected chi connectivity index (χ4v) is 1.45. The SMILES string of the molecule is COc1c(N)ccc(P=O)c1C. The molecule has 0 saturated carbocycles. The minimum atomic E-state index is -0.00640. The van der Waals surface area contributed by atoms with E-state index in [1.807, 2.05) is 6.92 Å². The van der Waals surface area contributed by atoms with Crippen molar-refractivity contribution in [1.29, 1.82) is 0 Å². The van der Waals surface area contributed by atoms with Crippen LogP contribution in [0.25, 0.3) is 0 Å². The number of nitrogens with two attached hydrogens (primary N) is 1. The van der Waals surface area contributed by atoms with E-state index in [4.69, 9.17) is 10.5 Å². The zero-order valence-electron chi connectivity index (χ0n) is 7.00. The van der Waals surface area contributed by atoms with Crippen molar-refractivity contribution in [3.05, 3.63) is 17.7 Å². The molecule has 1 rings (SSSR count). The first-order chi connectivity index (χ1) is 5.70. The minimum Gasteiger partial charge on any atom is -0.494 e. The summed E-state index contributed by atoms with van der Waals surface area (Å²) in [4.78, 5) is 0. The summed E-state index contributed by atoms with van der Waals surface area (Å²) in [6, 6.07) is 3.41. The summed E-state index contributed by atoms with van der Waals surface area (Å²) in [7, 11) is 1.54. The number of methoxy groups -OCH3 is 1. The topological polar surface area (TPSA) is 52.3 Å². The Morgan fingerprint density at radius 1 is 1.50 bits per heavy atom. The van der Waals surface area contributed by atoms with Crippen molar-refractivity contribution in [2.75, 3.05) is 12.8 Å². The molecule has 0 aromatic heterocycles. The fraction of sp³-hybridized carbons (Fsp3) is 0.250. The van der Waals surface area contributed by atoms with E-state index >= 15 is 0 Å². The summed E-state index contributed by atoms with van der Waals surface area (Å²) < 4.78 is 15.7. The van der Waals surface area contributed by atoms with Gasteiger partial charge in [0, 0.05) is 10.9 Å². The molecule has 12 heavy (non-hydrogen) atoms. The van der Waals surface area contributed by atoms with Crippen LogP contribution in [0.3, 0.4) is 0 Å². The van der Waals surface area contributed by atoms with Gasteiger partial charge < -0.3 is 10.5 Å². The average Bonchev–Trinajstić information content (AvgIpc) is 2.06. The smallest absolute Gasteiger partial charge is 0.192 e. The van der Waals surface area contributed by atoms with Gasteiger partial charge in [0.1, 0.15) is 5.75 Å². The zero-order chi connectivity index (χ0) is 9.14. The van der Waals surface area contributed by atoms with E-state index in [1.165, 1.54) is 0 Å². The predicted molar refractivity (Wildman–Crippen MR) is 49.4 cm³/mol. The molecule has 0 aliphatic rings. The second-order valence-electron chi connectivity index (χ2n) is 2.42. The van der Waals surface area contributed by atoms with Crippen LogP contribution in [0.15, 0.2) is 12.1 Å². The molecule has 0 fully saturated rings. The number of rotatable bonds is 2. The van der Waals surface area contributed by atoms with E-state index in [0.717, 1.165) is 5.56 Å². The van der Waals surface area contributed by atoms with Crippen LogP contribution in [0, 0.1) is 6.92 Å². The molecule has 0 heterocycles. The molecule has 0 aliphatic heterocycles. The van der Waals surface area contributed by atoms with Crippen LogP contribution in [0.2, 0.25) is 0 Å². The summed E-state index contributed by atoms with van der Waals surface area (Å²) >= 11 is 0. The Hall–Kier alpha value is -1.08. The fourth-order valence-electron chi connectivity index (χ4n) is 1.07. The molecule has 0 amide bonds. The first-order valence-electron chi connectivity index (χ1n) is 3.47. The van der Waals surface area contributed by atoms with Crippen LogP contribution >= 0.6 is 8.46 Å². The van der Waals surface area contributed by atoms with Crippen molar-refractivity contribution in [2.24, 2.45) is 0 Å². The van der Waals surface area contributed by atoms with E-state index in [9.17, 15) is 4.57 Å². The van der Waals surface area contributed by atoms with E-state index in [1.54, 1.807) is 19.2 Å². The lowest BCUT2D eigenvalue weighted by atomic mass is 10.2. The van der Waals surface area contributed by atoms with Gasteiger partial charge in [-0.15, -0.1) is 0 Å². The average molecular weight is 183 g/mol. The highest BCUT2D eigenvalue weighted by Gasteiger charge is 2.07. The second-order valence-corrected chi connectivity index (χ2v) is 3.09. The van der Waals surface area contributed by atoms with Crippen LogP contribution in [-0.2, 0) is 4.57 Å². The van der Waals surface area contributed by atoms with Gasteiger partial charge in [0.25, 0.3) is 0 Å². The largest absolute Gasteiger partial charge is 0.494 e. The predicted octanol–water partition coefficient (Wildman–Crippen LogP) is 1.50. The van der Waals surface area contributed by atoms with Crippen molar-refractivity contribution in [1.82, 2.24) is 0 Å². The second kappa shape index (κ2) is 3.55. The quantitative estimate of drug-likeness (QED) is 0.558. The van der Waals surface area contributed by atoms with Crippen LogP contribution < -0.4 is 15.8 Å². The minimum absolute atomic E-state index is 0.00640. The Kier molecular flexibility index (Phi) is 2.66. The number of nitrogen functional groups attached to an aromatic ring is 1. The van der Waals surface area contributed by atoms with Gasteiger partial charge in [0.15, 0.2) is 8.46 Å². The zero-order valence-corrected chi connectivity index (χ0v) is 7.89. The molecule has 0 unspecified atom stereocenters. The molecular weight excluding hydrogens is 173 g/mol. The third-order valence-corrected chi connectivity index (χ3v) is 2.39. The van der Waals surface area contributed by atoms with Gasteiger partial charge in [-0.2, -0.15) is 0 Å². The molecule has 4 heteroatoms. The highest BCUT2D eigenvalue weighted by atomic mass is 31.1. The molecule has 64 valence electrons. The van der Waals surface area contributed by atoms with E-state index in [-0.39, 0.29) is 8.46 Å². The molecular formula is C8H10NO2P. The number of hydrogen-bond acceptors (Lipinski definition) is 3. The highest BCUT2D eigenvalue weighted by molar-refractivity contribution is 7.34. The maximum atomic E-state index is 10.6. The molecule has 2 N–H and O–H groups in total. The van der Waals surface area contributed by atoms with E-state index in [0.29, 0.717) is 16.7 Å². The third kappa shape index (κ3) is 1.41. The number of benzene rings is 1. The van der Waals surface area contributed by atoms with Gasteiger partial charge in [0.05, 0.1) is 12.8 Å². The maximum absolute atomic E-state index is 10.6. The van der Waals surface area contributed by atoms with Crippen LogP contribution in [-0.4, -0.2) is 7.11 Å². The molecule has 0 radical (unpaired) electrons. The molecule has 1 aromatic rings. The Labute approximate surface area is 72.7 Å². The standard InChI is InChI=1S/C8H10NO2P/c1-5-7(12-10)4-3-6(9)8(5)11-2/h3-4H,9H2,1-2H3. The van der Waals surface area contributed by atoms with Crippen molar-refractivity contribution < 1.29 is 9.30 Å². The molecule has 3 nitrogen and oxygen atoms in total. The van der Waals surface area contributed by atoms with E-state index < -0.39 is 0 Å². The first kappa shape index (κ1) is 9.01. The van der Waals surface area contributed by atoms with Crippen LogP contribution in [0.4, 0.5) is 5.69 Å². The molecule has 0 aliphatic carbocycles. The molecule has 1 aromatic carbocycles. The summed E-state index contributed by atoms with van der Waals surface area (Å²) in [5.41, 5.74) is 7.02.